The minimum Gasteiger partial charge on any atom is -0.396 e. The molecule has 0 radical (unpaired) electrons. The van der Waals surface area contributed by atoms with Gasteiger partial charge in [0.15, 0.2) is 0 Å². The summed E-state index contributed by atoms with van der Waals surface area (Å²) >= 11 is 0. The van der Waals surface area contributed by atoms with Gasteiger partial charge in [-0.05, 0) is 31.9 Å². The maximum atomic E-state index is 13.3. The van der Waals surface area contributed by atoms with Gasteiger partial charge in [0.1, 0.15) is 5.82 Å². The molecule has 0 bridgehead atoms. The van der Waals surface area contributed by atoms with E-state index in [9.17, 15) is 14.3 Å². The number of nitrogens with two attached hydrogens (primary N) is 1. The third kappa shape index (κ3) is 2.46. The second kappa shape index (κ2) is 4.57. The number of halogens is 1. The molecule has 1 saturated heterocycles. The summed E-state index contributed by atoms with van der Waals surface area (Å²) in [5.74, 6) is -0.854. The maximum absolute atomic E-state index is 13.3. The summed E-state index contributed by atoms with van der Waals surface area (Å²) in [4.78, 5) is 13.8. The van der Waals surface area contributed by atoms with Crippen LogP contribution < -0.4 is 5.73 Å². The van der Waals surface area contributed by atoms with Crippen LogP contribution in [0.3, 0.4) is 0 Å². The van der Waals surface area contributed by atoms with Gasteiger partial charge >= 0.3 is 0 Å². The average molecular weight is 252 g/mol. The Hall–Kier alpha value is -1.62. The van der Waals surface area contributed by atoms with Crippen LogP contribution in [-0.2, 0) is 0 Å². The Morgan fingerprint density at radius 3 is 2.67 bits per heavy atom. The summed E-state index contributed by atoms with van der Waals surface area (Å²) in [5.41, 5.74) is 4.93. The zero-order valence-electron chi connectivity index (χ0n) is 10.3. The van der Waals surface area contributed by atoms with Crippen molar-refractivity contribution in [3.8, 4) is 0 Å². The largest absolute Gasteiger partial charge is 0.396 e. The van der Waals surface area contributed by atoms with Gasteiger partial charge in [-0.1, -0.05) is 6.07 Å². The number of nitrogen functional groups attached to an aromatic ring is 1. The molecular formula is C13H17FN2O2. The number of hydrogen-bond donors (Lipinski definition) is 2. The van der Waals surface area contributed by atoms with Gasteiger partial charge in [0, 0.05) is 13.1 Å². The van der Waals surface area contributed by atoms with Crippen molar-refractivity contribution in [1.29, 1.82) is 0 Å². The number of carbonyl (C=O) groups is 1. The molecule has 0 spiro atoms. The van der Waals surface area contributed by atoms with Crippen molar-refractivity contribution >= 4 is 11.6 Å². The Balaban J connectivity index is 2.15. The van der Waals surface area contributed by atoms with E-state index in [4.69, 9.17) is 5.73 Å². The molecule has 1 aliphatic heterocycles. The molecule has 0 aromatic heterocycles. The van der Waals surface area contributed by atoms with Crippen molar-refractivity contribution in [2.45, 2.75) is 25.4 Å². The fourth-order valence-corrected chi connectivity index (χ4v) is 2.09. The first-order valence-electron chi connectivity index (χ1n) is 5.96. The summed E-state index contributed by atoms with van der Waals surface area (Å²) in [7, 11) is 0. The number of piperidine rings is 1. The van der Waals surface area contributed by atoms with Gasteiger partial charge in [-0.25, -0.2) is 4.39 Å². The van der Waals surface area contributed by atoms with E-state index in [0.29, 0.717) is 25.9 Å². The van der Waals surface area contributed by atoms with E-state index in [1.807, 2.05) is 0 Å². The maximum Gasteiger partial charge on any atom is 0.256 e. The van der Waals surface area contributed by atoms with Crippen molar-refractivity contribution in [3.63, 3.8) is 0 Å². The van der Waals surface area contributed by atoms with Crippen LogP contribution in [0.2, 0.25) is 0 Å². The number of rotatable bonds is 1. The van der Waals surface area contributed by atoms with Crippen LogP contribution in [0.25, 0.3) is 0 Å². The number of aliphatic hydroxyl groups is 1. The van der Waals surface area contributed by atoms with Crippen molar-refractivity contribution in [3.05, 3.63) is 29.6 Å². The van der Waals surface area contributed by atoms with Crippen LogP contribution in [-0.4, -0.2) is 34.6 Å². The zero-order valence-corrected chi connectivity index (χ0v) is 10.3. The predicted molar refractivity (Wildman–Crippen MR) is 66.6 cm³/mol. The first-order chi connectivity index (χ1) is 8.41. The summed E-state index contributed by atoms with van der Waals surface area (Å²) in [5, 5.41) is 9.82. The highest BCUT2D eigenvalue weighted by molar-refractivity contribution is 5.99. The van der Waals surface area contributed by atoms with Crippen molar-refractivity contribution < 1.29 is 14.3 Å². The highest BCUT2D eigenvalue weighted by atomic mass is 19.1. The number of hydrogen-bond acceptors (Lipinski definition) is 3. The van der Waals surface area contributed by atoms with Gasteiger partial charge in [-0.15, -0.1) is 0 Å². The number of para-hydroxylation sites is 1. The number of benzene rings is 1. The molecule has 1 aromatic rings. The van der Waals surface area contributed by atoms with Gasteiger partial charge < -0.3 is 15.7 Å². The smallest absolute Gasteiger partial charge is 0.256 e. The topological polar surface area (TPSA) is 66.6 Å². The number of nitrogens with zero attached hydrogens (tertiary/aromatic N) is 1. The summed E-state index contributed by atoms with van der Waals surface area (Å²) in [6, 6.07) is 4.22. The van der Waals surface area contributed by atoms with Gasteiger partial charge in [0.05, 0.1) is 16.9 Å². The summed E-state index contributed by atoms with van der Waals surface area (Å²) in [6.07, 6.45) is 1.04. The average Bonchev–Trinajstić information content (AvgIpc) is 2.32. The van der Waals surface area contributed by atoms with E-state index in [-0.39, 0.29) is 17.2 Å². The van der Waals surface area contributed by atoms with E-state index in [0.717, 1.165) is 0 Å². The fraction of sp³-hybridized carbons (Fsp3) is 0.462. The van der Waals surface area contributed by atoms with Crippen LogP contribution in [0.4, 0.5) is 10.1 Å². The molecule has 1 fully saturated rings. The number of amides is 1. The van der Waals surface area contributed by atoms with E-state index in [2.05, 4.69) is 0 Å². The van der Waals surface area contributed by atoms with Gasteiger partial charge in [0.2, 0.25) is 0 Å². The second-order valence-electron chi connectivity index (χ2n) is 4.99. The van der Waals surface area contributed by atoms with Gasteiger partial charge in [-0.2, -0.15) is 0 Å². The Kier molecular flexibility index (Phi) is 3.26. The quantitative estimate of drug-likeness (QED) is 0.742. The lowest BCUT2D eigenvalue weighted by atomic mass is 9.93. The molecule has 1 aliphatic rings. The molecule has 0 unspecified atom stereocenters. The number of carbonyl (C=O) groups excluding carboxylic acids is 1. The molecule has 1 amide bonds. The lowest BCUT2D eigenvalue weighted by Crippen LogP contribution is -2.45. The van der Waals surface area contributed by atoms with E-state index in [1.54, 1.807) is 11.8 Å². The first kappa shape index (κ1) is 12.8. The number of anilines is 1. The predicted octanol–water partition coefficient (Wildman–Crippen LogP) is 1.39. The van der Waals surface area contributed by atoms with Crippen LogP contribution in [0.1, 0.15) is 30.1 Å². The molecule has 5 heteroatoms. The lowest BCUT2D eigenvalue weighted by Gasteiger charge is -2.35. The van der Waals surface area contributed by atoms with E-state index < -0.39 is 11.4 Å². The second-order valence-corrected chi connectivity index (χ2v) is 4.99. The molecule has 98 valence electrons. The normalized spacial score (nSPS) is 18.7. The SMILES string of the molecule is CC1(O)CCN(C(=O)c2cccc(F)c2N)CC1. The van der Waals surface area contributed by atoms with E-state index >= 15 is 0 Å². The van der Waals surface area contributed by atoms with Gasteiger partial charge in [-0.3, -0.25) is 4.79 Å². The van der Waals surface area contributed by atoms with Crippen molar-refractivity contribution in [1.82, 2.24) is 4.90 Å². The first-order valence-corrected chi connectivity index (χ1v) is 5.96. The molecule has 0 saturated carbocycles. The van der Waals surface area contributed by atoms with Crippen molar-refractivity contribution in [2.24, 2.45) is 0 Å². The molecule has 18 heavy (non-hydrogen) atoms. The van der Waals surface area contributed by atoms with Crippen LogP contribution >= 0.6 is 0 Å². The summed E-state index contributed by atoms with van der Waals surface area (Å²) < 4.78 is 13.3. The van der Waals surface area contributed by atoms with E-state index in [1.165, 1.54) is 18.2 Å². The monoisotopic (exact) mass is 252 g/mol. The minimum atomic E-state index is -0.718. The molecular weight excluding hydrogens is 235 g/mol. The molecule has 0 aliphatic carbocycles. The Bertz CT molecular complexity index is 464. The van der Waals surface area contributed by atoms with Crippen molar-refractivity contribution in [2.75, 3.05) is 18.8 Å². The fourth-order valence-electron chi connectivity index (χ4n) is 2.09. The molecule has 4 nitrogen and oxygen atoms in total. The Morgan fingerprint density at radius 2 is 2.06 bits per heavy atom. The highest BCUT2D eigenvalue weighted by Crippen LogP contribution is 2.24. The Labute approximate surface area is 105 Å². The number of likely N-dealkylation sites (tertiary alicyclic amines) is 1. The molecule has 1 aromatic carbocycles. The van der Waals surface area contributed by atoms with Gasteiger partial charge in [0.25, 0.3) is 5.91 Å². The summed E-state index contributed by atoms with van der Waals surface area (Å²) in [6.45, 7) is 2.68. The third-order valence-corrected chi connectivity index (χ3v) is 3.41. The molecule has 3 N–H and O–H groups in total. The molecule has 1 heterocycles. The standard InChI is InChI=1S/C13H17FN2O2/c1-13(18)5-7-16(8-6-13)12(17)9-3-2-4-10(14)11(9)15/h2-4,18H,5-8,15H2,1H3. The zero-order chi connectivity index (χ0) is 13.3. The third-order valence-electron chi connectivity index (χ3n) is 3.41. The molecule has 2 rings (SSSR count). The lowest BCUT2D eigenvalue weighted by molar-refractivity contribution is -0.00200. The molecule has 0 atom stereocenters. The van der Waals surface area contributed by atoms with Crippen LogP contribution in [0.15, 0.2) is 18.2 Å². The van der Waals surface area contributed by atoms with Crippen LogP contribution in [0.5, 0.6) is 0 Å². The van der Waals surface area contributed by atoms with Crippen LogP contribution in [0, 0.1) is 5.82 Å². The minimum absolute atomic E-state index is 0.111. The Morgan fingerprint density at radius 1 is 1.44 bits per heavy atom. The highest BCUT2D eigenvalue weighted by Gasteiger charge is 2.30.